The first-order valence-electron chi connectivity index (χ1n) is 25.2. The second-order valence-corrected chi connectivity index (χ2v) is 19.9. The van der Waals surface area contributed by atoms with E-state index in [0.29, 0.717) is 17.4 Å². The van der Waals surface area contributed by atoms with Crippen molar-refractivity contribution >= 4 is 13.7 Å². The predicted octanol–water partition coefficient (Wildman–Crippen LogP) is 13.8. The van der Waals surface area contributed by atoms with Gasteiger partial charge in [0, 0.05) is 6.42 Å². The van der Waals surface area contributed by atoms with Crippen LogP contribution in [0.2, 0.25) is 0 Å². The van der Waals surface area contributed by atoms with Gasteiger partial charge in [0.25, 0.3) is 7.82 Å². The Labute approximate surface area is 366 Å². The van der Waals surface area contributed by atoms with Gasteiger partial charge in [-0.25, -0.2) is 0 Å². The van der Waals surface area contributed by atoms with Crippen molar-refractivity contribution in [2.24, 2.45) is 0 Å². The van der Waals surface area contributed by atoms with Crippen molar-refractivity contribution in [3.8, 4) is 0 Å². The van der Waals surface area contributed by atoms with Gasteiger partial charge in [-0.2, -0.15) is 0 Å². The predicted molar refractivity (Wildman–Crippen MR) is 252 cm³/mol. The third-order valence-electron chi connectivity index (χ3n) is 11.4. The first-order valence-corrected chi connectivity index (χ1v) is 26.7. The van der Waals surface area contributed by atoms with Crippen LogP contribution in [0, 0.1) is 0 Å². The van der Waals surface area contributed by atoms with E-state index in [1.165, 1.54) is 180 Å². The number of hydrogen-bond acceptors (Lipinski definition) is 6. The van der Waals surface area contributed by atoms with Gasteiger partial charge in [-0.3, -0.25) is 9.36 Å². The molecule has 0 aromatic heterocycles. The molecule has 0 spiro atoms. The molecular weight excluding hydrogens is 756 g/mol. The van der Waals surface area contributed by atoms with Gasteiger partial charge >= 0.3 is 0 Å². The average molecular weight is 855 g/mol. The second-order valence-electron chi connectivity index (χ2n) is 18.5. The Morgan fingerprint density at radius 3 is 1.37 bits per heavy atom. The Morgan fingerprint density at radius 1 is 0.576 bits per heavy atom. The van der Waals surface area contributed by atoms with Crippen LogP contribution in [0.5, 0.6) is 0 Å². The number of nitrogens with one attached hydrogen (secondary N) is 1. The highest BCUT2D eigenvalue weighted by Crippen LogP contribution is 2.38. The molecule has 9 heteroatoms. The van der Waals surface area contributed by atoms with Crippen molar-refractivity contribution in [3.63, 3.8) is 0 Å². The molecule has 0 aromatic rings. The van der Waals surface area contributed by atoms with Crippen molar-refractivity contribution in [1.29, 1.82) is 0 Å². The van der Waals surface area contributed by atoms with Crippen LogP contribution in [-0.4, -0.2) is 68.5 Å². The minimum Gasteiger partial charge on any atom is -0.756 e. The molecule has 0 rings (SSSR count). The number of unbranched alkanes of at least 4 members (excludes halogenated alkanes) is 31. The van der Waals surface area contributed by atoms with E-state index < -0.39 is 20.0 Å². The fraction of sp³-hybridized carbons (Fsp3) is 0.900. The fourth-order valence-electron chi connectivity index (χ4n) is 7.41. The summed E-state index contributed by atoms with van der Waals surface area (Å²) in [6.07, 6.45) is 51.1. The molecule has 0 bridgehead atoms. The quantitative estimate of drug-likeness (QED) is 0.0273. The zero-order chi connectivity index (χ0) is 43.6. The zero-order valence-electron chi connectivity index (χ0n) is 39.7. The van der Waals surface area contributed by atoms with Gasteiger partial charge in [-0.1, -0.05) is 224 Å². The van der Waals surface area contributed by atoms with Crippen LogP contribution in [0.3, 0.4) is 0 Å². The summed E-state index contributed by atoms with van der Waals surface area (Å²) >= 11 is 0. The van der Waals surface area contributed by atoms with Gasteiger partial charge in [0.05, 0.1) is 39.9 Å². The number of carbonyl (C=O) groups is 1. The molecule has 0 aliphatic rings. The first kappa shape index (κ1) is 58.0. The summed E-state index contributed by atoms with van der Waals surface area (Å²) in [5.74, 6) is -0.205. The standard InChI is InChI=1S/C50H99N2O6P/c1-6-8-10-12-14-16-18-19-20-21-22-23-24-25-26-27-28-29-30-31-32-34-36-38-40-42-44-50(54)51-48(47-58-59(55,56)57-46-45-52(3,4)5)49(53)43-41-39-37-35-33-17-15-13-11-9-7-2/h33,35,41,43,48-49,53H,6-32,34,36-40,42,44-47H2,1-5H3,(H-,51,54,55,56)/b35-33+,43-41+. The molecule has 350 valence electrons. The normalized spacial score (nSPS) is 14.4. The molecule has 59 heavy (non-hydrogen) atoms. The van der Waals surface area contributed by atoms with Crippen LogP contribution >= 0.6 is 7.82 Å². The highest BCUT2D eigenvalue weighted by Gasteiger charge is 2.23. The lowest BCUT2D eigenvalue weighted by molar-refractivity contribution is -0.870. The molecule has 0 aromatic carbocycles. The number of carbonyl (C=O) groups excluding carboxylic acids is 1. The number of phosphoric acid groups is 1. The Kier molecular flexibility index (Phi) is 41.6. The number of hydrogen-bond donors (Lipinski definition) is 2. The van der Waals surface area contributed by atoms with Gasteiger partial charge in [-0.05, 0) is 32.1 Å². The lowest BCUT2D eigenvalue weighted by Crippen LogP contribution is -2.45. The van der Waals surface area contributed by atoms with Gasteiger partial charge in [0.2, 0.25) is 5.91 Å². The SMILES string of the molecule is CCCCCCC/C=C/CC/C=C/C(O)C(COP(=O)([O-])OCC[N+](C)(C)C)NC(=O)CCCCCCCCCCCCCCCCCCCCCCCCCCCC. The Bertz CT molecular complexity index is 1020. The number of likely N-dealkylation sites (N-methyl/N-ethyl adjacent to an activating group) is 1. The van der Waals surface area contributed by atoms with E-state index in [1.807, 2.05) is 27.2 Å². The van der Waals surface area contributed by atoms with Gasteiger partial charge in [0.1, 0.15) is 13.2 Å². The molecule has 0 aliphatic heterocycles. The molecule has 0 saturated carbocycles. The molecule has 3 unspecified atom stereocenters. The summed E-state index contributed by atoms with van der Waals surface area (Å²) in [6, 6.07) is -0.897. The number of aliphatic hydroxyl groups excluding tert-OH is 1. The van der Waals surface area contributed by atoms with Crippen LogP contribution in [0.15, 0.2) is 24.3 Å². The molecule has 2 N–H and O–H groups in total. The number of quaternary nitrogens is 1. The van der Waals surface area contributed by atoms with E-state index in [0.717, 1.165) is 38.5 Å². The van der Waals surface area contributed by atoms with E-state index in [4.69, 9.17) is 9.05 Å². The largest absolute Gasteiger partial charge is 0.756 e. The molecule has 0 fully saturated rings. The number of rotatable bonds is 46. The third-order valence-corrected chi connectivity index (χ3v) is 12.4. The van der Waals surface area contributed by atoms with Gasteiger partial charge < -0.3 is 28.8 Å². The molecule has 1 amide bonds. The van der Waals surface area contributed by atoms with E-state index in [2.05, 4.69) is 31.3 Å². The lowest BCUT2D eigenvalue weighted by Gasteiger charge is -2.29. The molecule has 0 heterocycles. The van der Waals surface area contributed by atoms with Gasteiger partial charge in [-0.15, -0.1) is 0 Å². The molecule has 0 saturated heterocycles. The molecule has 0 aliphatic carbocycles. The maximum Gasteiger partial charge on any atom is 0.268 e. The summed E-state index contributed by atoms with van der Waals surface area (Å²) in [7, 11) is 1.25. The number of allylic oxidation sites excluding steroid dienone is 3. The number of amides is 1. The van der Waals surface area contributed by atoms with E-state index in [9.17, 15) is 19.4 Å². The van der Waals surface area contributed by atoms with Crippen LogP contribution in [-0.2, 0) is 18.4 Å². The molecule has 8 nitrogen and oxygen atoms in total. The van der Waals surface area contributed by atoms with Crippen molar-refractivity contribution < 1.29 is 32.9 Å². The van der Waals surface area contributed by atoms with Gasteiger partial charge in [0.15, 0.2) is 0 Å². The van der Waals surface area contributed by atoms with Crippen LogP contribution < -0.4 is 10.2 Å². The summed E-state index contributed by atoms with van der Waals surface area (Å²) in [6.45, 7) is 4.62. The third kappa shape index (κ3) is 44.8. The number of nitrogens with zero attached hydrogens (tertiary/aromatic N) is 1. The molecular formula is C50H99N2O6P. The molecule has 0 radical (unpaired) electrons. The fourth-order valence-corrected chi connectivity index (χ4v) is 8.13. The monoisotopic (exact) mass is 855 g/mol. The number of phosphoric ester groups is 1. The summed E-state index contributed by atoms with van der Waals surface area (Å²) < 4.78 is 23.2. The lowest BCUT2D eigenvalue weighted by atomic mass is 10.0. The Morgan fingerprint density at radius 2 is 0.949 bits per heavy atom. The summed E-state index contributed by atoms with van der Waals surface area (Å²) in [5, 5.41) is 13.7. The highest BCUT2D eigenvalue weighted by molar-refractivity contribution is 7.45. The molecule has 3 atom stereocenters. The topological polar surface area (TPSA) is 108 Å². The second kappa shape index (κ2) is 42.3. The summed E-state index contributed by atoms with van der Waals surface area (Å²) in [5.41, 5.74) is 0. The zero-order valence-corrected chi connectivity index (χ0v) is 40.6. The maximum absolute atomic E-state index is 12.9. The van der Waals surface area contributed by atoms with Crippen LogP contribution in [0.4, 0.5) is 0 Å². The van der Waals surface area contributed by atoms with Crippen molar-refractivity contribution in [1.82, 2.24) is 5.32 Å². The first-order chi connectivity index (χ1) is 28.5. The average Bonchev–Trinajstić information content (AvgIpc) is 3.19. The van der Waals surface area contributed by atoms with E-state index in [-0.39, 0.29) is 19.1 Å². The Balaban J connectivity index is 4.12. The van der Waals surface area contributed by atoms with Crippen LogP contribution in [0.1, 0.15) is 239 Å². The van der Waals surface area contributed by atoms with Crippen molar-refractivity contribution in [3.05, 3.63) is 24.3 Å². The maximum atomic E-state index is 12.9. The summed E-state index contributed by atoms with van der Waals surface area (Å²) in [4.78, 5) is 25.3. The van der Waals surface area contributed by atoms with E-state index >= 15 is 0 Å². The van der Waals surface area contributed by atoms with Crippen molar-refractivity contribution in [2.45, 2.75) is 251 Å². The Hall–Kier alpha value is -1.02. The number of aliphatic hydroxyl groups is 1. The van der Waals surface area contributed by atoms with Crippen molar-refractivity contribution in [2.75, 3.05) is 40.9 Å². The minimum atomic E-state index is -4.59. The smallest absolute Gasteiger partial charge is 0.268 e. The highest BCUT2D eigenvalue weighted by atomic mass is 31.2. The minimum absolute atomic E-state index is 0.00434. The van der Waals surface area contributed by atoms with E-state index in [1.54, 1.807) is 6.08 Å². The van der Waals surface area contributed by atoms with Crippen LogP contribution in [0.25, 0.3) is 0 Å².